The van der Waals surface area contributed by atoms with E-state index in [0.717, 1.165) is 0 Å². The lowest BCUT2D eigenvalue weighted by Crippen LogP contribution is -2.27. The quantitative estimate of drug-likeness (QED) is 0.582. The molecule has 2 unspecified atom stereocenters. The number of nitro groups is 1. The molecule has 0 aliphatic heterocycles. The van der Waals surface area contributed by atoms with Crippen LogP contribution in [0.1, 0.15) is 31.7 Å². The van der Waals surface area contributed by atoms with Crippen molar-refractivity contribution >= 4 is 0 Å². The van der Waals surface area contributed by atoms with E-state index in [2.05, 4.69) is 6.92 Å². The van der Waals surface area contributed by atoms with E-state index >= 15 is 0 Å². The van der Waals surface area contributed by atoms with Crippen molar-refractivity contribution in [3.05, 3.63) is 52.7 Å². The third-order valence-corrected chi connectivity index (χ3v) is 2.75. The van der Waals surface area contributed by atoms with Crippen molar-refractivity contribution in [1.82, 2.24) is 0 Å². The first-order valence-electron chi connectivity index (χ1n) is 5.64. The molecule has 0 aliphatic rings. The highest BCUT2D eigenvalue weighted by Gasteiger charge is 2.29. The normalized spacial score (nSPS) is 14.6. The summed E-state index contributed by atoms with van der Waals surface area (Å²) in [6.45, 7) is 7.73. The van der Waals surface area contributed by atoms with E-state index in [1.807, 2.05) is 13.8 Å². The molecule has 1 aromatic carbocycles. The van der Waals surface area contributed by atoms with Crippen molar-refractivity contribution in [2.45, 2.75) is 32.2 Å². The van der Waals surface area contributed by atoms with Crippen molar-refractivity contribution < 1.29 is 9.31 Å². The molecule has 0 N–H and O–H groups in total. The van der Waals surface area contributed by atoms with Crippen LogP contribution in [0.25, 0.3) is 0 Å². The van der Waals surface area contributed by atoms with Crippen LogP contribution in [0.3, 0.4) is 0 Å². The van der Waals surface area contributed by atoms with Gasteiger partial charge >= 0.3 is 0 Å². The monoisotopic (exact) mass is 238 g/mol. The van der Waals surface area contributed by atoms with Gasteiger partial charge in [-0.05, 0) is 30.5 Å². The first kappa shape index (κ1) is 13.6. The minimum atomic E-state index is -0.722. The lowest BCUT2D eigenvalue weighted by Gasteiger charge is -2.18. The third-order valence-electron chi connectivity index (χ3n) is 2.75. The minimum Gasteiger partial charge on any atom is -0.264 e. The van der Waals surface area contributed by atoms with Gasteiger partial charge < -0.3 is 0 Å². The van der Waals surface area contributed by atoms with Crippen molar-refractivity contribution in [3.8, 4) is 0 Å². The fourth-order valence-corrected chi connectivity index (χ4v) is 1.81. The van der Waals surface area contributed by atoms with Gasteiger partial charge in [-0.25, -0.2) is 4.39 Å². The van der Waals surface area contributed by atoms with Crippen LogP contribution in [0.4, 0.5) is 4.39 Å². The summed E-state index contributed by atoms with van der Waals surface area (Å²) in [5, 5.41) is 11.0. The van der Waals surface area contributed by atoms with E-state index in [-0.39, 0.29) is 16.7 Å². The maximum Gasteiger partial charge on any atom is 0.220 e. The minimum absolute atomic E-state index is 0.232. The highest BCUT2D eigenvalue weighted by Crippen LogP contribution is 2.25. The van der Waals surface area contributed by atoms with E-state index in [1.54, 1.807) is 12.1 Å². The Labute approximate surface area is 101 Å². The largest absolute Gasteiger partial charge is 0.264 e. The zero-order valence-electron chi connectivity index (χ0n) is 10.1. The topological polar surface area (TPSA) is 43.1 Å². The molecule has 1 radical (unpaired) electrons. The lowest BCUT2D eigenvalue weighted by molar-refractivity contribution is -0.527. The molecule has 2 atom stereocenters. The molecule has 0 aromatic heterocycles. The number of halogens is 1. The molecule has 0 saturated heterocycles. The van der Waals surface area contributed by atoms with Gasteiger partial charge in [0.1, 0.15) is 5.82 Å². The first-order chi connectivity index (χ1) is 7.91. The smallest absolute Gasteiger partial charge is 0.220 e. The van der Waals surface area contributed by atoms with E-state index in [4.69, 9.17) is 0 Å². The summed E-state index contributed by atoms with van der Waals surface area (Å²) in [6.07, 6.45) is 0.471. The number of benzene rings is 1. The van der Waals surface area contributed by atoms with Crippen LogP contribution in [0.5, 0.6) is 0 Å². The molecule has 93 valence electrons. The summed E-state index contributed by atoms with van der Waals surface area (Å²) >= 11 is 0. The predicted octanol–water partition coefficient (Wildman–Crippen LogP) is 3.43. The SMILES string of the molecule is [CH2]C(c1ccc(F)cc1)C(CC(C)C)[N+](=O)[O-]. The van der Waals surface area contributed by atoms with Gasteiger partial charge in [-0.3, -0.25) is 10.1 Å². The Hall–Kier alpha value is -1.45. The standard InChI is InChI=1S/C13H17FNO2/c1-9(2)8-13(15(16)17)10(3)11-4-6-12(14)7-5-11/h4-7,9-10,13H,3,8H2,1-2H3. The Morgan fingerprint density at radius 1 is 1.35 bits per heavy atom. The van der Waals surface area contributed by atoms with Crippen LogP contribution in [0.15, 0.2) is 24.3 Å². The predicted molar refractivity (Wildman–Crippen MR) is 64.7 cm³/mol. The van der Waals surface area contributed by atoms with Gasteiger partial charge in [-0.2, -0.15) is 0 Å². The van der Waals surface area contributed by atoms with Gasteiger partial charge in [0.25, 0.3) is 0 Å². The number of hydrogen-bond donors (Lipinski definition) is 0. The number of rotatable bonds is 5. The molecule has 17 heavy (non-hydrogen) atoms. The Morgan fingerprint density at radius 3 is 2.29 bits per heavy atom. The maximum atomic E-state index is 12.8. The van der Waals surface area contributed by atoms with Crippen molar-refractivity contribution in [2.75, 3.05) is 0 Å². The highest BCUT2D eigenvalue weighted by molar-refractivity contribution is 5.22. The molecule has 0 aliphatic carbocycles. The summed E-state index contributed by atoms with van der Waals surface area (Å²) in [5.74, 6) is -0.564. The van der Waals surface area contributed by atoms with E-state index in [1.165, 1.54) is 12.1 Å². The molecule has 4 heteroatoms. The summed E-state index contributed by atoms with van der Waals surface area (Å²) in [5.41, 5.74) is 0.703. The molecule has 0 heterocycles. The maximum absolute atomic E-state index is 12.8. The van der Waals surface area contributed by atoms with Gasteiger partial charge in [0.15, 0.2) is 0 Å². The molecule has 1 rings (SSSR count). The molecule has 1 aromatic rings. The summed E-state index contributed by atoms with van der Waals surface area (Å²) in [6, 6.07) is 5.01. The van der Waals surface area contributed by atoms with E-state index < -0.39 is 12.0 Å². The first-order valence-corrected chi connectivity index (χ1v) is 5.64. The van der Waals surface area contributed by atoms with Crippen molar-refractivity contribution in [1.29, 1.82) is 0 Å². The second-order valence-corrected chi connectivity index (χ2v) is 4.64. The fourth-order valence-electron chi connectivity index (χ4n) is 1.81. The molecule has 3 nitrogen and oxygen atoms in total. The van der Waals surface area contributed by atoms with E-state index in [9.17, 15) is 14.5 Å². The van der Waals surface area contributed by atoms with Gasteiger partial charge in [-0.1, -0.05) is 26.0 Å². The van der Waals surface area contributed by atoms with E-state index in [0.29, 0.717) is 12.0 Å². The van der Waals surface area contributed by atoms with Crippen LogP contribution in [-0.2, 0) is 0 Å². The average Bonchev–Trinajstić information content (AvgIpc) is 2.25. The fraction of sp³-hybridized carbons (Fsp3) is 0.462. The van der Waals surface area contributed by atoms with Crippen molar-refractivity contribution in [3.63, 3.8) is 0 Å². The summed E-state index contributed by atoms with van der Waals surface area (Å²) < 4.78 is 12.8. The zero-order chi connectivity index (χ0) is 13.0. The third kappa shape index (κ3) is 3.80. The Bertz CT molecular complexity index is 376. The van der Waals surface area contributed by atoms with Gasteiger partial charge in [0.2, 0.25) is 6.04 Å². The number of nitrogens with zero attached hydrogens (tertiary/aromatic N) is 1. The van der Waals surface area contributed by atoms with Crippen LogP contribution >= 0.6 is 0 Å². The van der Waals surface area contributed by atoms with Crippen LogP contribution in [-0.4, -0.2) is 11.0 Å². The highest BCUT2D eigenvalue weighted by atomic mass is 19.1. The Balaban J connectivity index is 2.87. The van der Waals surface area contributed by atoms with Gasteiger partial charge in [0, 0.05) is 11.3 Å². The molecule has 0 bridgehead atoms. The Morgan fingerprint density at radius 2 is 1.88 bits per heavy atom. The molecule has 0 spiro atoms. The summed E-state index contributed by atoms with van der Waals surface area (Å²) in [7, 11) is 0. The molecule has 0 saturated carbocycles. The number of hydrogen-bond acceptors (Lipinski definition) is 2. The Kier molecular flexibility index (Phi) is 4.61. The lowest BCUT2D eigenvalue weighted by atomic mass is 9.88. The van der Waals surface area contributed by atoms with Gasteiger partial charge in [0.05, 0.1) is 5.92 Å². The van der Waals surface area contributed by atoms with Crippen LogP contribution in [0.2, 0.25) is 0 Å². The van der Waals surface area contributed by atoms with Gasteiger partial charge in [-0.15, -0.1) is 0 Å². The van der Waals surface area contributed by atoms with Crippen LogP contribution < -0.4 is 0 Å². The van der Waals surface area contributed by atoms with Crippen LogP contribution in [0, 0.1) is 28.8 Å². The molecular formula is C13H17FNO2. The molecule has 0 fully saturated rings. The van der Waals surface area contributed by atoms with Crippen molar-refractivity contribution in [2.24, 2.45) is 5.92 Å². The average molecular weight is 238 g/mol. The second-order valence-electron chi connectivity index (χ2n) is 4.64. The summed E-state index contributed by atoms with van der Waals surface area (Å²) in [4.78, 5) is 10.7. The molecule has 0 amide bonds. The zero-order valence-corrected chi connectivity index (χ0v) is 10.1. The molecular weight excluding hydrogens is 221 g/mol. The second kappa shape index (κ2) is 5.75.